The highest BCUT2D eigenvalue weighted by atomic mass is 35.5. The molecule has 2 heterocycles. The number of amides is 2. The van der Waals surface area contributed by atoms with E-state index in [0.29, 0.717) is 43.9 Å². The third kappa shape index (κ3) is 6.07. The summed E-state index contributed by atoms with van der Waals surface area (Å²) in [6.45, 7) is 1.15. The number of benzene rings is 2. The third-order valence-corrected chi connectivity index (χ3v) is 8.29. The molecule has 5 rings (SSSR count). The molecule has 1 aliphatic carbocycles. The summed E-state index contributed by atoms with van der Waals surface area (Å²) in [6, 6.07) is 15.1. The lowest BCUT2D eigenvalue weighted by Crippen LogP contribution is -2.54. The number of methoxy groups -OCH3 is 2. The van der Waals surface area contributed by atoms with Crippen LogP contribution in [0.4, 0.5) is 0 Å². The van der Waals surface area contributed by atoms with E-state index in [1.807, 2.05) is 53.4 Å². The number of carbonyl (C=O) groups excluding carboxylic acids is 2. The van der Waals surface area contributed by atoms with Gasteiger partial charge < -0.3 is 20.1 Å². The lowest BCUT2D eigenvalue weighted by molar-refractivity contribution is -0.143. The number of hydrogen-bond donors (Lipinski definition) is 1. The summed E-state index contributed by atoms with van der Waals surface area (Å²) in [5, 5.41) is 6.75. The standard InChI is InChI=1S/C30H38N4O4.ClH/c1-37-26-13-12-21(19-27(26)38-2)28-23-10-6-7-11-24(23)29(35)34(32-28)22-14-16-33(17-15-22)30(36)25(31)18-20-8-4-3-5-9-20;/h3-5,8-9,12-13,19,22-25H,6-7,10-11,14-18,31H2,1-2H3;1H/t23-,24+,25+;/m0./s1. The van der Waals surface area contributed by atoms with Gasteiger partial charge in [-0.1, -0.05) is 43.2 Å². The zero-order chi connectivity index (χ0) is 26.6. The van der Waals surface area contributed by atoms with Crippen molar-refractivity contribution in [2.24, 2.45) is 22.7 Å². The van der Waals surface area contributed by atoms with Crippen LogP contribution in [0.2, 0.25) is 0 Å². The highest BCUT2D eigenvalue weighted by Crippen LogP contribution is 2.40. The number of nitrogens with zero attached hydrogens (tertiary/aromatic N) is 3. The fraction of sp³-hybridized carbons (Fsp3) is 0.500. The van der Waals surface area contributed by atoms with Crippen molar-refractivity contribution in [3.05, 3.63) is 59.7 Å². The molecule has 2 aliphatic heterocycles. The molecular weight excluding hydrogens is 516 g/mol. The van der Waals surface area contributed by atoms with E-state index in [1.165, 1.54) is 0 Å². The molecule has 1 saturated heterocycles. The first-order valence-corrected chi connectivity index (χ1v) is 13.7. The summed E-state index contributed by atoms with van der Waals surface area (Å²) >= 11 is 0. The van der Waals surface area contributed by atoms with Gasteiger partial charge in [-0.25, -0.2) is 5.01 Å². The monoisotopic (exact) mass is 554 g/mol. The number of rotatable bonds is 7. The Hall–Kier alpha value is -3.10. The van der Waals surface area contributed by atoms with Crippen LogP contribution in [-0.2, 0) is 16.0 Å². The van der Waals surface area contributed by atoms with Crippen molar-refractivity contribution in [2.75, 3.05) is 27.3 Å². The van der Waals surface area contributed by atoms with Crippen LogP contribution in [-0.4, -0.2) is 66.8 Å². The van der Waals surface area contributed by atoms with E-state index in [0.717, 1.165) is 42.5 Å². The minimum absolute atomic E-state index is 0. The highest BCUT2D eigenvalue weighted by Gasteiger charge is 2.44. The van der Waals surface area contributed by atoms with Crippen LogP contribution in [0.1, 0.15) is 49.7 Å². The van der Waals surface area contributed by atoms with Crippen LogP contribution in [0.3, 0.4) is 0 Å². The molecule has 39 heavy (non-hydrogen) atoms. The van der Waals surface area contributed by atoms with Crippen LogP contribution < -0.4 is 15.2 Å². The molecule has 2 aromatic rings. The third-order valence-electron chi connectivity index (χ3n) is 8.29. The normalized spacial score (nSPS) is 22.3. The molecule has 8 nitrogen and oxygen atoms in total. The average Bonchev–Trinajstić information content (AvgIpc) is 2.97. The maximum Gasteiger partial charge on any atom is 0.246 e. The summed E-state index contributed by atoms with van der Waals surface area (Å²) in [5.74, 6) is 1.49. The van der Waals surface area contributed by atoms with Gasteiger partial charge >= 0.3 is 0 Å². The predicted octanol–water partition coefficient (Wildman–Crippen LogP) is 4.04. The van der Waals surface area contributed by atoms with Crippen LogP contribution in [0.5, 0.6) is 11.5 Å². The largest absolute Gasteiger partial charge is 0.493 e. The minimum atomic E-state index is -0.566. The molecule has 2 amide bonds. The summed E-state index contributed by atoms with van der Waals surface area (Å²) in [4.78, 5) is 28.6. The van der Waals surface area contributed by atoms with Gasteiger partial charge in [-0.15, -0.1) is 12.4 Å². The zero-order valence-electron chi connectivity index (χ0n) is 22.8. The van der Waals surface area contributed by atoms with Crippen LogP contribution >= 0.6 is 12.4 Å². The smallest absolute Gasteiger partial charge is 0.246 e. The number of likely N-dealkylation sites (tertiary alicyclic amines) is 1. The second kappa shape index (κ2) is 12.8. The van der Waals surface area contributed by atoms with Crippen molar-refractivity contribution in [3.8, 4) is 11.5 Å². The molecule has 3 aliphatic rings. The van der Waals surface area contributed by atoms with Gasteiger partial charge in [0.05, 0.1) is 32.0 Å². The van der Waals surface area contributed by atoms with Crippen molar-refractivity contribution >= 4 is 29.9 Å². The Labute approximate surface area is 236 Å². The molecule has 9 heteroatoms. The van der Waals surface area contributed by atoms with Gasteiger partial charge in [0.1, 0.15) is 0 Å². The molecule has 0 spiro atoms. The second-order valence-electron chi connectivity index (χ2n) is 10.6. The van der Waals surface area contributed by atoms with E-state index in [2.05, 4.69) is 0 Å². The van der Waals surface area contributed by atoms with Crippen LogP contribution in [0.25, 0.3) is 0 Å². The average molecular weight is 555 g/mol. The van der Waals surface area contributed by atoms with E-state index in [-0.39, 0.29) is 42.1 Å². The number of hydrogen-bond acceptors (Lipinski definition) is 6. The predicted molar refractivity (Wildman–Crippen MR) is 153 cm³/mol. The molecule has 0 aromatic heterocycles. The molecular formula is C30H39ClN4O4. The first-order chi connectivity index (χ1) is 18.5. The van der Waals surface area contributed by atoms with Gasteiger partial charge in [0.25, 0.3) is 0 Å². The number of nitrogens with two attached hydrogens (primary N) is 1. The molecule has 2 fully saturated rings. The Balaban J connectivity index is 0.00000353. The number of ether oxygens (including phenoxy) is 2. The van der Waals surface area contributed by atoms with Crippen molar-refractivity contribution < 1.29 is 19.1 Å². The second-order valence-corrected chi connectivity index (χ2v) is 10.6. The van der Waals surface area contributed by atoms with E-state index in [9.17, 15) is 9.59 Å². The van der Waals surface area contributed by atoms with Gasteiger partial charge in [-0.05, 0) is 55.9 Å². The van der Waals surface area contributed by atoms with Gasteiger partial charge in [-0.3, -0.25) is 9.59 Å². The lowest BCUT2D eigenvalue weighted by atomic mass is 9.73. The first kappa shape index (κ1) is 28.9. The van der Waals surface area contributed by atoms with Crippen molar-refractivity contribution in [2.45, 2.75) is 57.0 Å². The molecule has 0 radical (unpaired) electrons. The zero-order valence-corrected chi connectivity index (χ0v) is 23.6. The summed E-state index contributed by atoms with van der Waals surface area (Å²) in [5.41, 5.74) is 9.27. The molecule has 3 atom stereocenters. The Morgan fingerprint density at radius 1 is 0.974 bits per heavy atom. The fourth-order valence-electron chi connectivity index (χ4n) is 6.21. The summed E-state index contributed by atoms with van der Waals surface area (Å²) in [6.07, 6.45) is 5.91. The number of hydrazone groups is 1. The van der Waals surface area contributed by atoms with E-state index in [4.69, 9.17) is 20.3 Å². The number of carbonyl (C=O) groups is 2. The van der Waals surface area contributed by atoms with Crippen molar-refractivity contribution in [1.82, 2.24) is 9.91 Å². The maximum absolute atomic E-state index is 13.7. The SMILES string of the molecule is COc1ccc(C2=NN(C3CCN(C(=O)[C@H](N)Cc4ccccc4)CC3)C(=O)[C@@H]3CCCC[C@H]23)cc1OC.Cl. The molecule has 0 bridgehead atoms. The summed E-state index contributed by atoms with van der Waals surface area (Å²) in [7, 11) is 3.25. The number of fused-ring (bicyclic) bond motifs is 1. The first-order valence-electron chi connectivity index (χ1n) is 13.7. The maximum atomic E-state index is 13.7. The lowest BCUT2D eigenvalue weighted by Gasteiger charge is -2.43. The quantitative estimate of drug-likeness (QED) is 0.557. The number of halogens is 1. The van der Waals surface area contributed by atoms with Gasteiger partial charge in [-0.2, -0.15) is 5.10 Å². The van der Waals surface area contributed by atoms with E-state index in [1.54, 1.807) is 19.2 Å². The van der Waals surface area contributed by atoms with Gasteiger partial charge in [0, 0.05) is 30.5 Å². The van der Waals surface area contributed by atoms with Gasteiger partial charge in [0.2, 0.25) is 11.8 Å². The van der Waals surface area contributed by atoms with Crippen LogP contribution in [0.15, 0.2) is 53.6 Å². The number of piperidine rings is 1. The van der Waals surface area contributed by atoms with Crippen LogP contribution in [0, 0.1) is 11.8 Å². The Morgan fingerprint density at radius 2 is 1.64 bits per heavy atom. The molecule has 2 aromatic carbocycles. The fourth-order valence-corrected chi connectivity index (χ4v) is 6.21. The molecule has 0 unspecified atom stereocenters. The van der Waals surface area contributed by atoms with Gasteiger partial charge in [0.15, 0.2) is 11.5 Å². The van der Waals surface area contributed by atoms with Crippen molar-refractivity contribution in [3.63, 3.8) is 0 Å². The van der Waals surface area contributed by atoms with E-state index < -0.39 is 6.04 Å². The Morgan fingerprint density at radius 3 is 2.31 bits per heavy atom. The van der Waals surface area contributed by atoms with E-state index >= 15 is 0 Å². The Kier molecular flexibility index (Phi) is 9.51. The molecule has 2 N–H and O–H groups in total. The molecule has 210 valence electrons. The topological polar surface area (TPSA) is 97.5 Å². The minimum Gasteiger partial charge on any atom is -0.493 e. The Bertz CT molecular complexity index is 1180. The van der Waals surface area contributed by atoms with Crippen molar-refractivity contribution in [1.29, 1.82) is 0 Å². The summed E-state index contributed by atoms with van der Waals surface area (Å²) < 4.78 is 11.0. The highest BCUT2D eigenvalue weighted by molar-refractivity contribution is 6.07. The molecule has 1 saturated carbocycles.